The summed E-state index contributed by atoms with van der Waals surface area (Å²) < 4.78 is 18.6. The minimum absolute atomic E-state index is 0.617. The fraction of sp³-hybridized carbons (Fsp3) is 0.583. The molecule has 1 unspecified atom stereocenters. The van der Waals surface area contributed by atoms with Crippen LogP contribution in [-0.2, 0) is 19.1 Å². The molecule has 1 aliphatic carbocycles. The molecular formula is C12H13FO7. The third-order valence-corrected chi connectivity index (χ3v) is 3.31. The smallest absolute Gasteiger partial charge is 0.193 e. The highest BCUT2D eigenvalue weighted by Gasteiger charge is 2.48. The van der Waals surface area contributed by atoms with Crippen LogP contribution in [-0.4, -0.2) is 69.9 Å². The molecule has 0 radical (unpaired) electrons. The molecule has 1 fully saturated rings. The summed E-state index contributed by atoms with van der Waals surface area (Å²) in [5.74, 6) is -2.83. The van der Waals surface area contributed by atoms with Crippen molar-refractivity contribution in [3.8, 4) is 0 Å². The summed E-state index contributed by atoms with van der Waals surface area (Å²) in [6, 6.07) is 0. The van der Waals surface area contributed by atoms with Crippen LogP contribution in [0.1, 0.15) is 6.42 Å². The Labute approximate surface area is 112 Å². The Morgan fingerprint density at radius 1 is 1.35 bits per heavy atom. The third kappa shape index (κ3) is 2.42. The van der Waals surface area contributed by atoms with Crippen LogP contribution in [0.5, 0.6) is 0 Å². The first kappa shape index (κ1) is 14.9. The summed E-state index contributed by atoms with van der Waals surface area (Å²) in [6.07, 6.45) is -8.14. The van der Waals surface area contributed by atoms with Crippen molar-refractivity contribution >= 4 is 17.3 Å². The van der Waals surface area contributed by atoms with Gasteiger partial charge in [-0.05, 0) is 6.08 Å². The molecule has 5 atom stereocenters. The zero-order chi connectivity index (χ0) is 15.0. The van der Waals surface area contributed by atoms with E-state index in [1.165, 1.54) is 0 Å². The van der Waals surface area contributed by atoms with Crippen LogP contribution in [0, 0.1) is 0 Å². The highest BCUT2D eigenvalue weighted by molar-refractivity contribution is 6.18. The predicted molar refractivity (Wildman–Crippen MR) is 60.4 cm³/mol. The van der Waals surface area contributed by atoms with E-state index in [0.717, 1.165) is 0 Å². The van der Waals surface area contributed by atoms with E-state index in [1.807, 2.05) is 0 Å². The van der Waals surface area contributed by atoms with E-state index in [4.69, 9.17) is 9.84 Å². The molecule has 0 spiro atoms. The number of hydrogen-bond acceptors (Lipinski definition) is 7. The standard InChI is InChI=1S/C12H13FO7/c13-8-5(1-4(15)2-6(8)16)9(17)12-11(19)10(18)7(3-14)20-12/h1,7-8,10-12,14,18-19H,2-3H2/t7-,8?,10-,11-,12+/m1/s1. The van der Waals surface area contributed by atoms with E-state index in [2.05, 4.69) is 0 Å². The van der Waals surface area contributed by atoms with Crippen LogP contribution in [0.4, 0.5) is 4.39 Å². The number of halogens is 1. The maximum Gasteiger partial charge on any atom is 0.193 e. The van der Waals surface area contributed by atoms with Gasteiger partial charge in [0.1, 0.15) is 24.4 Å². The first-order chi connectivity index (χ1) is 9.36. The minimum Gasteiger partial charge on any atom is -0.394 e. The Morgan fingerprint density at radius 3 is 2.55 bits per heavy atom. The molecule has 3 N–H and O–H groups in total. The SMILES string of the molecule is O=C1C=C(C(=O)[C@@H]2O[C@H](CO)[C@@H](O)[C@H]2O)C(F)C(=O)C1. The fourth-order valence-corrected chi connectivity index (χ4v) is 2.21. The van der Waals surface area contributed by atoms with Gasteiger partial charge in [-0.2, -0.15) is 0 Å². The number of carbonyl (C=O) groups is 3. The average molecular weight is 288 g/mol. The van der Waals surface area contributed by atoms with E-state index >= 15 is 0 Å². The van der Waals surface area contributed by atoms with Crippen molar-refractivity contribution in [2.75, 3.05) is 6.61 Å². The summed E-state index contributed by atoms with van der Waals surface area (Å²) in [6.45, 7) is -0.641. The molecule has 0 amide bonds. The maximum atomic E-state index is 13.7. The van der Waals surface area contributed by atoms with Crippen LogP contribution in [0.15, 0.2) is 11.6 Å². The molecule has 0 aromatic heterocycles. The van der Waals surface area contributed by atoms with Crippen molar-refractivity contribution in [3.05, 3.63) is 11.6 Å². The molecule has 0 bridgehead atoms. The Morgan fingerprint density at radius 2 is 2.00 bits per heavy atom. The van der Waals surface area contributed by atoms with Crippen LogP contribution in [0.25, 0.3) is 0 Å². The second kappa shape index (κ2) is 5.49. The molecule has 0 aromatic rings. The predicted octanol–water partition coefficient (Wildman–Crippen LogP) is -2.16. The molecule has 1 aliphatic heterocycles. The lowest BCUT2D eigenvalue weighted by molar-refractivity contribution is -0.135. The van der Waals surface area contributed by atoms with Gasteiger partial charge in [0.2, 0.25) is 0 Å². The van der Waals surface area contributed by atoms with E-state index in [0.29, 0.717) is 6.08 Å². The fourth-order valence-electron chi connectivity index (χ4n) is 2.21. The Kier molecular flexibility index (Phi) is 4.09. The summed E-state index contributed by atoms with van der Waals surface area (Å²) in [5.41, 5.74) is -0.693. The number of alkyl halides is 1. The number of allylic oxidation sites excluding steroid dienone is 1. The molecular weight excluding hydrogens is 275 g/mol. The van der Waals surface area contributed by atoms with Gasteiger partial charge in [0.25, 0.3) is 0 Å². The lowest BCUT2D eigenvalue weighted by Crippen LogP contribution is -2.41. The van der Waals surface area contributed by atoms with Gasteiger partial charge in [-0.1, -0.05) is 0 Å². The average Bonchev–Trinajstić information content (AvgIpc) is 2.69. The van der Waals surface area contributed by atoms with E-state index in [-0.39, 0.29) is 0 Å². The molecule has 0 aromatic carbocycles. The molecule has 1 heterocycles. The van der Waals surface area contributed by atoms with Gasteiger partial charge in [0, 0.05) is 5.57 Å². The van der Waals surface area contributed by atoms with Crippen molar-refractivity contribution in [2.24, 2.45) is 0 Å². The zero-order valence-corrected chi connectivity index (χ0v) is 10.2. The number of rotatable bonds is 3. The quantitative estimate of drug-likeness (QED) is 0.506. The van der Waals surface area contributed by atoms with Crippen molar-refractivity contribution in [3.63, 3.8) is 0 Å². The van der Waals surface area contributed by atoms with Gasteiger partial charge in [-0.3, -0.25) is 14.4 Å². The molecule has 0 saturated carbocycles. The van der Waals surface area contributed by atoms with E-state index in [9.17, 15) is 29.0 Å². The number of aliphatic hydroxyl groups is 3. The Bertz CT molecular complexity index is 486. The molecule has 2 rings (SSSR count). The lowest BCUT2D eigenvalue weighted by atomic mass is 9.89. The molecule has 8 heteroatoms. The largest absolute Gasteiger partial charge is 0.394 e. The van der Waals surface area contributed by atoms with Crippen LogP contribution in [0.3, 0.4) is 0 Å². The number of hydrogen-bond donors (Lipinski definition) is 3. The number of carbonyl (C=O) groups excluding carboxylic acids is 3. The van der Waals surface area contributed by atoms with Gasteiger partial charge in [0.05, 0.1) is 13.0 Å². The first-order valence-corrected chi connectivity index (χ1v) is 5.94. The summed E-state index contributed by atoms with van der Waals surface area (Å²) in [5, 5.41) is 28.1. The lowest BCUT2D eigenvalue weighted by Gasteiger charge is -2.19. The van der Waals surface area contributed by atoms with Gasteiger partial charge in [-0.15, -0.1) is 0 Å². The van der Waals surface area contributed by atoms with Crippen molar-refractivity contribution in [1.82, 2.24) is 0 Å². The van der Waals surface area contributed by atoms with Crippen LogP contribution >= 0.6 is 0 Å². The molecule has 20 heavy (non-hydrogen) atoms. The highest BCUT2D eigenvalue weighted by Crippen LogP contribution is 2.27. The van der Waals surface area contributed by atoms with Gasteiger partial charge in [0.15, 0.2) is 23.5 Å². The number of Topliss-reactive ketones (excluding diaryl/α,β-unsaturated/α-hetero) is 2. The molecule has 1 saturated heterocycles. The second-order valence-electron chi connectivity index (χ2n) is 4.69. The monoisotopic (exact) mass is 288 g/mol. The van der Waals surface area contributed by atoms with E-state index in [1.54, 1.807) is 0 Å². The van der Waals surface area contributed by atoms with Gasteiger partial charge < -0.3 is 20.1 Å². The third-order valence-electron chi connectivity index (χ3n) is 3.31. The summed E-state index contributed by atoms with van der Waals surface area (Å²) in [7, 11) is 0. The van der Waals surface area contributed by atoms with Crippen molar-refractivity contribution in [1.29, 1.82) is 0 Å². The number of ketones is 3. The molecule has 110 valence electrons. The number of aliphatic hydroxyl groups excluding tert-OH is 3. The number of ether oxygens (including phenoxy) is 1. The second-order valence-corrected chi connectivity index (χ2v) is 4.69. The molecule has 2 aliphatic rings. The van der Waals surface area contributed by atoms with Crippen LogP contribution < -0.4 is 0 Å². The highest BCUT2D eigenvalue weighted by atomic mass is 19.1. The van der Waals surface area contributed by atoms with Crippen molar-refractivity contribution < 1.29 is 38.8 Å². The normalized spacial score (nSPS) is 38.0. The zero-order valence-electron chi connectivity index (χ0n) is 10.2. The van der Waals surface area contributed by atoms with Gasteiger partial charge >= 0.3 is 0 Å². The van der Waals surface area contributed by atoms with Crippen molar-refractivity contribution in [2.45, 2.75) is 37.0 Å². The summed E-state index contributed by atoms with van der Waals surface area (Å²) >= 11 is 0. The minimum atomic E-state index is -2.25. The topological polar surface area (TPSA) is 121 Å². The van der Waals surface area contributed by atoms with Crippen LogP contribution in [0.2, 0.25) is 0 Å². The van der Waals surface area contributed by atoms with E-state index < -0.39 is 66.5 Å². The van der Waals surface area contributed by atoms with Gasteiger partial charge in [-0.25, -0.2) is 4.39 Å². The first-order valence-electron chi connectivity index (χ1n) is 5.94. The maximum absolute atomic E-state index is 13.7. The summed E-state index contributed by atoms with van der Waals surface area (Å²) in [4.78, 5) is 34.5. The Hall–Kier alpha value is -1.48. The molecule has 7 nitrogen and oxygen atoms in total. The Balaban J connectivity index is 2.23.